The van der Waals surface area contributed by atoms with Crippen LogP contribution in [0.1, 0.15) is 5.69 Å². The first-order chi connectivity index (χ1) is 13.3. The second-order valence-electron chi connectivity index (χ2n) is 5.72. The third-order valence-electron chi connectivity index (χ3n) is 3.83. The quantitative estimate of drug-likeness (QED) is 0.671. The number of alkyl halides is 3. The zero-order chi connectivity index (χ0) is 20.3. The van der Waals surface area contributed by atoms with E-state index in [0.717, 1.165) is 21.5 Å². The van der Waals surface area contributed by atoms with Crippen LogP contribution in [0.2, 0.25) is 0 Å². The zero-order valence-electron chi connectivity index (χ0n) is 14.3. The van der Waals surface area contributed by atoms with E-state index < -0.39 is 17.6 Å². The van der Waals surface area contributed by atoms with Crippen LogP contribution in [-0.4, -0.2) is 30.9 Å². The van der Waals surface area contributed by atoms with Gasteiger partial charge >= 0.3 is 11.9 Å². The molecule has 11 heteroatoms. The average Bonchev–Trinajstić information content (AvgIpc) is 3.06. The van der Waals surface area contributed by atoms with Crippen LogP contribution < -0.4 is 11.4 Å². The van der Waals surface area contributed by atoms with Gasteiger partial charge in [-0.25, -0.2) is 23.4 Å². The lowest BCUT2D eigenvalue weighted by atomic mass is 10.2. The van der Waals surface area contributed by atoms with E-state index in [1.807, 2.05) is 0 Å². The molecule has 146 valence electrons. The van der Waals surface area contributed by atoms with E-state index in [9.17, 15) is 22.4 Å². The minimum Gasteiger partial charge on any atom is -0.327 e. The summed E-state index contributed by atoms with van der Waals surface area (Å²) < 4.78 is 52.7. The lowest BCUT2D eigenvalue weighted by Crippen LogP contribution is -2.26. The van der Waals surface area contributed by atoms with E-state index >= 15 is 0 Å². The molecule has 2 N–H and O–H groups in total. The van der Waals surface area contributed by atoms with Gasteiger partial charge in [0, 0.05) is 18.3 Å². The molecule has 3 rings (SSSR count). The van der Waals surface area contributed by atoms with Crippen molar-refractivity contribution < 1.29 is 17.6 Å². The molecule has 28 heavy (non-hydrogen) atoms. The van der Waals surface area contributed by atoms with Crippen LogP contribution >= 0.6 is 0 Å². The van der Waals surface area contributed by atoms with Gasteiger partial charge in [-0.2, -0.15) is 18.3 Å². The lowest BCUT2D eigenvalue weighted by Gasteiger charge is -2.07. The molecular weight excluding hydrogens is 380 g/mol. The Morgan fingerprint density at radius 3 is 2.61 bits per heavy atom. The monoisotopic (exact) mass is 394 g/mol. The Bertz CT molecular complexity index is 1050. The summed E-state index contributed by atoms with van der Waals surface area (Å²) >= 11 is 0. The second-order valence-corrected chi connectivity index (χ2v) is 5.72. The normalized spacial score (nSPS) is 12.4. The van der Waals surface area contributed by atoms with Crippen LogP contribution in [-0.2, 0) is 12.7 Å². The molecule has 0 atom stereocenters. The van der Waals surface area contributed by atoms with Crippen molar-refractivity contribution >= 4 is 0 Å². The van der Waals surface area contributed by atoms with Crippen molar-refractivity contribution in [3.05, 3.63) is 70.9 Å². The Morgan fingerprint density at radius 2 is 2.00 bits per heavy atom. The molecule has 0 fully saturated rings. The first-order valence-electron chi connectivity index (χ1n) is 7.97. The summed E-state index contributed by atoms with van der Waals surface area (Å²) in [6.45, 7) is -0.175. The molecule has 0 aliphatic heterocycles. The van der Waals surface area contributed by atoms with Gasteiger partial charge in [-0.3, -0.25) is 4.98 Å². The van der Waals surface area contributed by atoms with Gasteiger partial charge in [0.1, 0.15) is 17.8 Å². The summed E-state index contributed by atoms with van der Waals surface area (Å²) in [4.78, 5) is 20.1. The molecule has 3 aromatic heterocycles. The number of nitrogens with two attached hydrogens (primary N) is 1. The molecule has 0 aliphatic carbocycles. The van der Waals surface area contributed by atoms with Gasteiger partial charge in [-0.1, -0.05) is 6.07 Å². The van der Waals surface area contributed by atoms with Crippen molar-refractivity contribution in [3.63, 3.8) is 0 Å². The highest BCUT2D eigenvalue weighted by Gasteiger charge is 2.32. The molecular formula is C17H14F4N6O. The summed E-state index contributed by atoms with van der Waals surface area (Å²) in [5.74, 6) is 0.201. The summed E-state index contributed by atoms with van der Waals surface area (Å²) in [7, 11) is 0. The van der Waals surface area contributed by atoms with Gasteiger partial charge in [-0.05, 0) is 29.8 Å². The number of rotatable bonds is 5. The number of hydrogen-bond donors (Lipinski definition) is 1. The summed E-state index contributed by atoms with van der Waals surface area (Å²) in [5.41, 5.74) is 4.65. The zero-order valence-corrected chi connectivity index (χ0v) is 14.3. The van der Waals surface area contributed by atoms with Crippen molar-refractivity contribution in [2.45, 2.75) is 12.7 Å². The molecule has 0 radical (unpaired) electrons. The highest BCUT2D eigenvalue weighted by molar-refractivity contribution is 5.59. The topological polar surface area (TPSA) is 91.6 Å². The average molecular weight is 394 g/mol. The number of hydrogen-bond acceptors (Lipinski definition) is 5. The fraction of sp³-hybridized carbons (Fsp3) is 0.176. The SMILES string of the molecule is NC/C(=C\F)Cn1ncn(-c2cccc(-c3ccc(C(F)(F)F)nc3)n2)c1=O. The minimum atomic E-state index is -4.54. The van der Waals surface area contributed by atoms with Gasteiger partial charge in [0.15, 0.2) is 0 Å². The summed E-state index contributed by atoms with van der Waals surface area (Å²) in [5, 5.41) is 3.90. The first-order valence-corrected chi connectivity index (χ1v) is 7.97. The largest absolute Gasteiger partial charge is 0.433 e. The van der Waals surface area contributed by atoms with E-state index in [1.165, 1.54) is 18.5 Å². The molecule has 0 spiro atoms. The highest BCUT2D eigenvalue weighted by atomic mass is 19.4. The Hall–Kier alpha value is -3.34. The number of nitrogens with zero attached hydrogens (tertiary/aromatic N) is 5. The highest BCUT2D eigenvalue weighted by Crippen LogP contribution is 2.28. The smallest absolute Gasteiger partial charge is 0.327 e. The fourth-order valence-corrected chi connectivity index (χ4v) is 2.37. The third kappa shape index (κ3) is 3.98. The van der Waals surface area contributed by atoms with Crippen molar-refractivity contribution in [1.29, 1.82) is 0 Å². The maximum absolute atomic E-state index is 12.7. The van der Waals surface area contributed by atoms with Crippen molar-refractivity contribution in [2.24, 2.45) is 5.73 Å². The van der Waals surface area contributed by atoms with Crippen LogP contribution in [0, 0.1) is 0 Å². The summed E-state index contributed by atoms with van der Waals surface area (Å²) in [6.07, 6.45) is -1.94. The standard InChI is InChI=1S/C17H14F4N6O/c18-6-11(7-22)9-27-16(28)26(10-24-27)15-3-1-2-13(25-15)12-4-5-14(23-8-12)17(19,20)21/h1-6,8,10H,7,9,22H2/b11-6+. The molecule has 0 saturated heterocycles. The molecule has 0 bridgehead atoms. The predicted molar refractivity (Wildman–Crippen MR) is 92.1 cm³/mol. The van der Waals surface area contributed by atoms with Crippen LogP contribution in [0.15, 0.2) is 59.6 Å². The van der Waals surface area contributed by atoms with Crippen LogP contribution in [0.25, 0.3) is 17.1 Å². The molecule has 0 saturated carbocycles. The lowest BCUT2D eigenvalue weighted by molar-refractivity contribution is -0.141. The number of halogens is 4. The van der Waals surface area contributed by atoms with Gasteiger partial charge in [-0.15, -0.1) is 0 Å². The Kier molecular flexibility index (Phi) is 5.36. The maximum atomic E-state index is 12.7. The van der Waals surface area contributed by atoms with Crippen LogP contribution in [0.3, 0.4) is 0 Å². The molecule has 0 aromatic carbocycles. The molecule has 3 heterocycles. The third-order valence-corrected chi connectivity index (χ3v) is 3.83. The first kappa shape index (κ1) is 19.4. The van der Waals surface area contributed by atoms with Crippen molar-refractivity contribution in [1.82, 2.24) is 24.3 Å². The van der Waals surface area contributed by atoms with E-state index in [1.54, 1.807) is 12.1 Å². The molecule has 0 unspecified atom stereocenters. The van der Waals surface area contributed by atoms with E-state index in [4.69, 9.17) is 5.73 Å². The number of aromatic nitrogens is 5. The van der Waals surface area contributed by atoms with E-state index in [0.29, 0.717) is 17.6 Å². The van der Waals surface area contributed by atoms with E-state index in [-0.39, 0.29) is 24.5 Å². The molecule has 3 aromatic rings. The Balaban J connectivity index is 1.92. The molecule has 0 aliphatic rings. The van der Waals surface area contributed by atoms with E-state index in [2.05, 4.69) is 15.1 Å². The van der Waals surface area contributed by atoms with Crippen molar-refractivity contribution in [2.75, 3.05) is 6.54 Å². The van der Waals surface area contributed by atoms with Gasteiger partial charge in [0.2, 0.25) is 0 Å². The van der Waals surface area contributed by atoms with Gasteiger partial charge < -0.3 is 5.73 Å². The van der Waals surface area contributed by atoms with Crippen molar-refractivity contribution in [3.8, 4) is 17.1 Å². The maximum Gasteiger partial charge on any atom is 0.433 e. The Labute approximate surface area is 155 Å². The fourth-order valence-electron chi connectivity index (χ4n) is 2.37. The Morgan fingerprint density at radius 1 is 1.21 bits per heavy atom. The number of pyridine rings is 2. The van der Waals surface area contributed by atoms with Crippen LogP contribution in [0.4, 0.5) is 17.6 Å². The molecule has 0 amide bonds. The molecule has 7 nitrogen and oxygen atoms in total. The minimum absolute atomic E-state index is 0.0650. The van der Waals surface area contributed by atoms with Crippen LogP contribution in [0.5, 0.6) is 0 Å². The predicted octanol–water partition coefficient (Wildman–Crippen LogP) is 2.32. The summed E-state index contributed by atoms with van der Waals surface area (Å²) in [6, 6.07) is 6.79. The second kappa shape index (κ2) is 7.72. The van der Waals surface area contributed by atoms with Gasteiger partial charge in [0.05, 0.1) is 18.6 Å². The van der Waals surface area contributed by atoms with Gasteiger partial charge in [0.25, 0.3) is 0 Å².